The van der Waals surface area contributed by atoms with Crippen LogP contribution in [0.1, 0.15) is 56.8 Å². The van der Waals surface area contributed by atoms with E-state index >= 15 is 0 Å². The first-order chi connectivity index (χ1) is 14.9. The van der Waals surface area contributed by atoms with Crippen molar-refractivity contribution in [1.29, 1.82) is 0 Å². The molecule has 3 aliphatic rings. The van der Waals surface area contributed by atoms with E-state index in [1.807, 2.05) is 24.3 Å². The van der Waals surface area contributed by atoms with Crippen LogP contribution in [0.15, 0.2) is 24.3 Å². The van der Waals surface area contributed by atoms with Gasteiger partial charge in [-0.15, -0.1) is 0 Å². The molecule has 0 aromatic heterocycles. The van der Waals surface area contributed by atoms with Crippen LogP contribution in [0.5, 0.6) is 0 Å². The van der Waals surface area contributed by atoms with Crippen molar-refractivity contribution in [2.45, 2.75) is 58.0 Å². The number of hydrogen-bond acceptors (Lipinski definition) is 5. The molecule has 1 amide bonds. The van der Waals surface area contributed by atoms with Crippen molar-refractivity contribution in [1.82, 2.24) is 14.7 Å². The van der Waals surface area contributed by atoms with Crippen molar-refractivity contribution in [3.8, 4) is 0 Å². The lowest BCUT2D eigenvalue weighted by molar-refractivity contribution is -0.145. The van der Waals surface area contributed by atoms with Crippen LogP contribution in [-0.4, -0.2) is 90.3 Å². The van der Waals surface area contributed by atoms with Crippen molar-refractivity contribution in [2.24, 2.45) is 0 Å². The summed E-state index contributed by atoms with van der Waals surface area (Å²) in [6.07, 6.45) is 5.40. The van der Waals surface area contributed by atoms with Gasteiger partial charge < -0.3 is 9.80 Å². The predicted molar refractivity (Wildman–Crippen MR) is 125 cm³/mol. The number of amides is 1. The lowest BCUT2D eigenvalue weighted by atomic mass is 9.98. The van der Waals surface area contributed by atoms with E-state index in [2.05, 4.69) is 33.4 Å². The molecule has 0 unspecified atom stereocenters. The van der Waals surface area contributed by atoms with Crippen molar-refractivity contribution in [3.63, 3.8) is 0 Å². The van der Waals surface area contributed by atoms with Crippen LogP contribution in [0.25, 0.3) is 0 Å². The maximum Gasteiger partial charge on any atom is 0.242 e. The Bertz CT molecular complexity index is 769. The summed E-state index contributed by atoms with van der Waals surface area (Å²) in [6.45, 7) is 13.1. The molecule has 0 radical (unpaired) electrons. The highest BCUT2D eigenvalue weighted by Crippen LogP contribution is 2.27. The molecule has 4 rings (SSSR count). The van der Waals surface area contributed by atoms with Gasteiger partial charge in [-0.25, -0.2) is 0 Å². The zero-order valence-corrected chi connectivity index (χ0v) is 19.5. The van der Waals surface area contributed by atoms with E-state index in [0.717, 1.165) is 69.7 Å². The van der Waals surface area contributed by atoms with Crippen molar-refractivity contribution in [2.75, 3.05) is 57.3 Å². The minimum absolute atomic E-state index is 0.0979. The van der Waals surface area contributed by atoms with Crippen LogP contribution in [0.3, 0.4) is 0 Å². The average molecular weight is 427 g/mol. The summed E-state index contributed by atoms with van der Waals surface area (Å²) in [5.41, 5.74) is 1.43. The molecule has 2 aliphatic heterocycles. The summed E-state index contributed by atoms with van der Waals surface area (Å²) in [6, 6.07) is 8.63. The number of ketones is 1. The number of carbonyl (C=O) groups is 2. The summed E-state index contributed by atoms with van der Waals surface area (Å²) >= 11 is 0. The van der Waals surface area contributed by atoms with E-state index in [4.69, 9.17) is 0 Å². The molecule has 2 saturated heterocycles. The second kappa shape index (κ2) is 9.29. The van der Waals surface area contributed by atoms with Gasteiger partial charge in [-0.1, -0.05) is 12.8 Å². The molecule has 31 heavy (non-hydrogen) atoms. The number of Topliss-reactive ketones (excluding diaryl/α,β-unsaturated/α-hetero) is 1. The Kier molecular flexibility index (Phi) is 6.68. The maximum atomic E-state index is 13.4. The van der Waals surface area contributed by atoms with Crippen LogP contribution < -0.4 is 4.90 Å². The molecule has 1 aromatic rings. The van der Waals surface area contributed by atoms with Gasteiger partial charge >= 0.3 is 0 Å². The Morgan fingerprint density at radius 2 is 1.42 bits per heavy atom. The fraction of sp³-hybridized carbons (Fsp3) is 0.680. The molecule has 6 heteroatoms. The normalized spacial score (nSPS) is 22.2. The third-order valence-corrected chi connectivity index (χ3v) is 7.68. The molecule has 0 spiro atoms. The van der Waals surface area contributed by atoms with Gasteiger partial charge in [-0.2, -0.15) is 0 Å². The summed E-state index contributed by atoms with van der Waals surface area (Å²) in [5, 5.41) is 0. The van der Waals surface area contributed by atoms with Gasteiger partial charge in [0, 0.05) is 69.7 Å². The van der Waals surface area contributed by atoms with Crippen LogP contribution in [0.2, 0.25) is 0 Å². The minimum Gasteiger partial charge on any atom is -0.369 e. The summed E-state index contributed by atoms with van der Waals surface area (Å²) in [5.74, 6) is 0.374. The number of hydrogen-bond donors (Lipinski definition) is 0. The second-order valence-corrected chi connectivity index (χ2v) is 9.90. The lowest BCUT2D eigenvalue weighted by Gasteiger charge is -2.47. The molecule has 1 aliphatic carbocycles. The van der Waals surface area contributed by atoms with Gasteiger partial charge in [0.15, 0.2) is 5.78 Å². The Morgan fingerprint density at radius 3 is 1.97 bits per heavy atom. The standard InChI is InChI=1S/C25H38N4O2/c1-20(30)21-8-10-23(11-9-21)27-16-18-29(19-17-27)25(2,3)24(31)28-14-12-26(13-15-28)22-6-4-5-7-22/h8-11,22H,4-7,12-19H2,1-3H3. The van der Waals surface area contributed by atoms with Gasteiger partial charge in [0.1, 0.15) is 0 Å². The van der Waals surface area contributed by atoms with Crippen molar-refractivity contribution in [3.05, 3.63) is 29.8 Å². The van der Waals surface area contributed by atoms with Gasteiger partial charge in [0.25, 0.3) is 0 Å². The Labute approximate surface area is 187 Å². The number of rotatable bonds is 5. The minimum atomic E-state index is -0.472. The quantitative estimate of drug-likeness (QED) is 0.678. The molecule has 170 valence electrons. The number of anilines is 1. The number of carbonyl (C=O) groups excluding carboxylic acids is 2. The third kappa shape index (κ3) is 4.80. The Morgan fingerprint density at radius 1 is 0.839 bits per heavy atom. The molecular formula is C25H38N4O2. The zero-order valence-electron chi connectivity index (χ0n) is 19.5. The van der Waals surface area contributed by atoms with E-state index in [-0.39, 0.29) is 11.7 Å². The molecule has 0 N–H and O–H groups in total. The molecule has 3 fully saturated rings. The molecule has 6 nitrogen and oxygen atoms in total. The van der Waals surface area contributed by atoms with E-state index in [1.165, 1.54) is 25.7 Å². The monoisotopic (exact) mass is 426 g/mol. The number of piperazine rings is 2. The fourth-order valence-corrected chi connectivity index (χ4v) is 5.51. The fourth-order valence-electron chi connectivity index (χ4n) is 5.51. The van der Waals surface area contributed by atoms with E-state index in [0.29, 0.717) is 0 Å². The number of benzene rings is 1. The molecule has 1 aromatic carbocycles. The highest BCUT2D eigenvalue weighted by Gasteiger charge is 2.40. The molecule has 1 saturated carbocycles. The first-order valence-electron chi connectivity index (χ1n) is 12.0. The van der Waals surface area contributed by atoms with Crippen molar-refractivity contribution < 1.29 is 9.59 Å². The summed E-state index contributed by atoms with van der Waals surface area (Å²) in [7, 11) is 0. The molecular weight excluding hydrogens is 388 g/mol. The molecule has 0 bridgehead atoms. The maximum absolute atomic E-state index is 13.4. The van der Waals surface area contributed by atoms with Crippen molar-refractivity contribution >= 4 is 17.4 Å². The highest BCUT2D eigenvalue weighted by atomic mass is 16.2. The molecule has 2 heterocycles. The van der Waals surface area contributed by atoms with Gasteiger partial charge in [-0.3, -0.25) is 19.4 Å². The lowest BCUT2D eigenvalue weighted by Crippen LogP contribution is -2.63. The predicted octanol–water partition coefficient (Wildman–Crippen LogP) is 2.88. The van der Waals surface area contributed by atoms with Crippen LogP contribution >= 0.6 is 0 Å². The first kappa shape index (κ1) is 22.3. The van der Waals surface area contributed by atoms with Gasteiger partial charge in [0.2, 0.25) is 5.91 Å². The van der Waals surface area contributed by atoms with Gasteiger partial charge in [0.05, 0.1) is 5.54 Å². The summed E-state index contributed by atoms with van der Waals surface area (Å²) < 4.78 is 0. The van der Waals surface area contributed by atoms with Crippen LogP contribution in [0, 0.1) is 0 Å². The second-order valence-electron chi connectivity index (χ2n) is 9.90. The Hall–Kier alpha value is -1.92. The number of nitrogens with zero attached hydrogens (tertiary/aromatic N) is 4. The smallest absolute Gasteiger partial charge is 0.242 e. The van der Waals surface area contributed by atoms with E-state index in [1.54, 1.807) is 6.92 Å². The van der Waals surface area contributed by atoms with E-state index < -0.39 is 5.54 Å². The van der Waals surface area contributed by atoms with Gasteiger partial charge in [-0.05, 0) is 57.9 Å². The van der Waals surface area contributed by atoms with E-state index in [9.17, 15) is 9.59 Å². The summed E-state index contributed by atoms with van der Waals surface area (Å²) in [4.78, 5) is 34.3. The largest absolute Gasteiger partial charge is 0.369 e. The molecule has 0 atom stereocenters. The van der Waals surface area contributed by atoms with Crippen LogP contribution in [0.4, 0.5) is 5.69 Å². The zero-order chi connectivity index (χ0) is 22.0. The Balaban J connectivity index is 1.30. The van der Waals surface area contributed by atoms with Crippen LogP contribution in [-0.2, 0) is 4.79 Å². The topological polar surface area (TPSA) is 47.1 Å². The average Bonchev–Trinajstić information content (AvgIpc) is 3.34. The SMILES string of the molecule is CC(=O)c1ccc(N2CCN(C(C)(C)C(=O)N3CCN(C4CCCC4)CC3)CC2)cc1. The highest BCUT2D eigenvalue weighted by molar-refractivity contribution is 5.94. The third-order valence-electron chi connectivity index (χ3n) is 7.68. The first-order valence-corrected chi connectivity index (χ1v) is 12.0.